The first-order valence-electron chi connectivity index (χ1n) is 38.1. The molecule has 0 radical (unpaired) electrons. The highest BCUT2D eigenvalue weighted by Crippen LogP contribution is 2.26. The zero-order chi connectivity index (χ0) is 84.3. The third kappa shape index (κ3) is 31.5. The molecule has 15 atom stereocenters. The third-order valence-electron chi connectivity index (χ3n) is 19.0. The maximum Gasteiger partial charge on any atom is 0.327 e. The summed E-state index contributed by atoms with van der Waals surface area (Å²) in [5.41, 5.74) is 20.0. The monoisotopic (exact) mass is 1650 g/mol. The number of ketones is 2. The lowest BCUT2D eigenvalue weighted by atomic mass is 9.87. The molecule has 12 amide bonds. The van der Waals surface area contributed by atoms with Crippen LogP contribution in [0.4, 0.5) is 0 Å². The molecule has 1 aliphatic heterocycles. The number of H-pyrrole nitrogens is 1. The average molecular weight is 1650 g/mol. The highest BCUT2D eigenvalue weighted by molar-refractivity contribution is 8.76. The lowest BCUT2D eigenvalue weighted by molar-refractivity contribution is -0.142. The number of nitrogens with one attached hydrogen (secondary N) is 12. The fourth-order valence-electron chi connectivity index (χ4n) is 12.6. The topological polar surface area (TPSA) is 598 Å². The summed E-state index contributed by atoms with van der Waals surface area (Å²) in [6.45, 7) is 3.75. The molecule has 0 aliphatic carbocycles. The van der Waals surface area contributed by atoms with Crippen LogP contribution in [0.3, 0.4) is 0 Å². The molecular weight excluding hydrogens is 1540 g/mol. The Morgan fingerprint density at radius 2 is 0.983 bits per heavy atom. The van der Waals surface area contributed by atoms with Crippen LogP contribution in [0.25, 0.3) is 10.9 Å². The van der Waals surface area contributed by atoms with Crippen molar-refractivity contribution in [3.8, 4) is 0 Å². The van der Waals surface area contributed by atoms with E-state index < -0.39 is 223 Å². The molecule has 116 heavy (non-hydrogen) atoms. The number of primary amides is 1. The predicted octanol–water partition coefficient (Wildman–Crippen LogP) is -1.12. The quantitative estimate of drug-likeness (QED) is 0.0230. The molecule has 5 aromatic rings. The molecular formula is C79H110N16O19S2. The number of aliphatic hydroxyl groups is 3. The Morgan fingerprint density at radius 1 is 0.517 bits per heavy atom. The summed E-state index contributed by atoms with van der Waals surface area (Å²) in [6, 6.07) is 14.0. The van der Waals surface area contributed by atoms with Gasteiger partial charge in [-0.1, -0.05) is 157 Å². The number of aliphatic hydroxyl groups excluding tert-OH is 3. The van der Waals surface area contributed by atoms with Gasteiger partial charge in [0.15, 0.2) is 11.6 Å². The zero-order valence-electron chi connectivity index (χ0n) is 65.3. The van der Waals surface area contributed by atoms with Gasteiger partial charge in [-0.2, -0.15) is 0 Å². The molecule has 1 aromatic heterocycles. The lowest BCUT2D eigenvalue weighted by Gasteiger charge is -2.29. The second-order valence-corrected chi connectivity index (χ2v) is 31.0. The number of hydrogen-bond acceptors (Lipinski definition) is 23. The van der Waals surface area contributed by atoms with Crippen molar-refractivity contribution in [3.05, 3.63) is 144 Å². The minimum absolute atomic E-state index is 0. The number of aromatic nitrogens is 1. The van der Waals surface area contributed by atoms with Crippen LogP contribution in [0.2, 0.25) is 0 Å². The summed E-state index contributed by atoms with van der Waals surface area (Å²) in [4.78, 5) is 217. The van der Waals surface area contributed by atoms with Gasteiger partial charge in [0, 0.05) is 66.1 Å². The largest absolute Gasteiger partial charge is 0.480 e. The number of Topliss-reactive ketones (excluding diaryl/α,β-unsaturated/α-hetero) is 2. The number of benzene rings is 4. The molecule has 6 rings (SSSR count). The van der Waals surface area contributed by atoms with Crippen molar-refractivity contribution in [2.24, 2.45) is 29.0 Å². The van der Waals surface area contributed by atoms with Gasteiger partial charge >= 0.3 is 5.97 Å². The normalized spacial score (nSPS) is 23.7. The van der Waals surface area contributed by atoms with E-state index in [0.717, 1.165) is 28.5 Å². The van der Waals surface area contributed by atoms with E-state index in [-0.39, 0.29) is 57.6 Å². The van der Waals surface area contributed by atoms with Crippen molar-refractivity contribution in [3.63, 3.8) is 0 Å². The standard InChI is InChI=1S/C79H107N15O19S2.H3N/c1-5-6-10-27-50-36-63(98)57(35-52-39-83-54-29-18-17-28-53(52)54)87-71(104)51(32-47-21-11-7-12-22-47)37-64(99)56(33-48-23-13-8-14-24-48)88-73(106)59(38-65(82)100)89-72(105)55(30-19-20-31-80)86-76(109)61(85-66(101)40-84-69(102)44(2)81)42-114-115-43-62(79(112)113)92-75(108)60(41-95)91-78(111)68(46(4)97)94-74(107)58(34-49-25-15-9-16-26-49)90-77(110)67(45(3)96)93-70(50)103;/h7-9,11-18,21-26,28-29,39,44-46,50-51,55-62,67-68,83,95-97H,5-6,10,19-20,27,30-38,40-43,80-81H2,1-4H3,(H2,82,100)(H,84,102)(H,85,101)(H,86,109)(H,87,104)(H,88,106)(H,89,105)(H,90,110)(H,91,111)(H,92,108)(H,93,103)(H,94,107)(H,112,113);1H3/t44-,45+,46+,50+,51+,55-,56-,57-,58-,59-,60-,61-,62-,67-,68-;/m0./s1. The number of aromatic amines is 1. The Balaban J connectivity index is 0.0000240. The number of aliphatic carboxylic acids is 1. The highest BCUT2D eigenvalue weighted by atomic mass is 33.1. The second-order valence-electron chi connectivity index (χ2n) is 28.4. The molecule has 35 nitrogen and oxygen atoms in total. The van der Waals surface area contributed by atoms with E-state index in [1.165, 1.54) is 13.8 Å². The number of carboxylic acids is 1. The van der Waals surface area contributed by atoms with E-state index in [1.807, 2.05) is 6.92 Å². The molecule has 0 bridgehead atoms. The van der Waals surface area contributed by atoms with E-state index in [2.05, 4.69) is 63.5 Å². The van der Waals surface area contributed by atoms with Crippen LogP contribution in [0.5, 0.6) is 0 Å². The van der Waals surface area contributed by atoms with Crippen molar-refractivity contribution < 1.29 is 92.3 Å². The number of hydrogen-bond donors (Lipinski definition) is 20. The zero-order valence-corrected chi connectivity index (χ0v) is 66.9. The Bertz CT molecular complexity index is 4130. The van der Waals surface area contributed by atoms with Crippen molar-refractivity contribution in [2.75, 3.05) is 31.2 Å². The number of unbranched alkanes of at least 4 members (excludes halogenated alkanes) is 3. The Morgan fingerprint density at radius 3 is 1.54 bits per heavy atom. The van der Waals surface area contributed by atoms with Crippen LogP contribution in [0.1, 0.15) is 114 Å². The molecule has 25 N–H and O–H groups in total. The SMILES string of the molecule is CCCCC[C@@H]1CC(=O)[C@H](Cc2c[nH]c3ccccc23)NC(=O)[C@H](Cc2ccccc2)CC(=O)[C@H](Cc2ccccc2)NC(=O)[C@H](CC(N)=O)NC(=O)[C@H](CCCCN)NC(=O)[C@@H](NC(=O)CNC(=O)[C@H](C)N)CSSC[C@@H](C(=O)O)NC(=O)[C@H](CO)NC(=O)[C@H]([C@@H](C)O)NC(=O)[C@H](Cc2ccccc2)NC(=O)[C@H]([C@@H](C)O)NC1=O.N. The highest BCUT2D eigenvalue weighted by Gasteiger charge is 2.40. The number of para-hydroxylation sites is 1. The summed E-state index contributed by atoms with van der Waals surface area (Å²) in [5, 5.41) is 71.3. The molecule has 0 saturated carbocycles. The van der Waals surface area contributed by atoms with E-state index in [4.69, 9.17) is 17.2 Å². The predicted molar refractivity (Wildman–Crippen MR) is 434 cm³/mol. The molecule has 2 heterocycles. The number of fused-ring (bicyclic) bond motifs is 1. The van der Waals surface area contributed by atoms with Crippen molar-refractivity contribution in [1.82, 2.24) is 69.6 Å². The average Bonchev–Trinajstić information content (AvgIpc) is 1.64. The van der Waals surface area contributed by atoms with Crippen LogP contribution in [-0.2, 0) is 97.6 Å². The smallest absolute Gasteiger partial charge is 0.327 e. The number of carbonyl (C=O) groups excluding carboxylic acids is 14. The second kappa shape index (κ2) is 49.3. The molecule has 0 unspecified atom stereocenters. The number of nitrogens with two attached hydrogens (primary N) is 3. The Hall–Kier alpha value is -10.7. The van der Waals surface area contributed by atoms with Gasteiger partial charge in [-0.3, -0.25) is 67.1 Å². The maximum atomic E-state index is 15.5. The first-order chi connectivity index (χ1) is 54.9. The van der Waals surface area contributed by atoms with Gasteiger partial charge in [0.2, 0.25) is 70.9 Å². The van der Waals surface area contributed by atoms with Gasteiger partial charge in [0.1, 0.15) is 48.3 Å². The van der Waals surface area contributed by atoms with Gasteiger partial charge in [-0.05, 0) is 94.2 Å². The van der Waals surface area contributed by atoms with Gasteiger partial charge in [-0.15, -0.1) is 0 Å². The van der Waals surface area contributed by atoms with Crippen LogP contribution < -0.4 is 81.8 Å². The summed E-state index contributed by atoms with van der Waals surface area (Å²) in [5.74, 6) is -19.1. The molecule has 632 valence electrons. The van der Waals surface area contributed by atoms with Gasteiger partial charge in [0.25, 0.3) is 0 Å². The summed E-state index contributed by atoms with van der Waals surface area (Å²) >= 11 is 0. The molecule has 1 saturated heterocycles. The van der Waals surface area contributed by atoms with Crippen molar-refractivity contribution >= 4 is 121 Å². The van der Waals surface area contributed by atoms with Gasteiger partial charge in [-0.25, -0.2) is 4.79 Å². The Labute approximate surface area is 679 Å². The number of carbonyl (C=O) groups is 15. The van der Waals surface area contributed by atoms with E-state index in [1.54, 1.807) is 121 Å². The molecule has 1 fully saturated rings. The summed E-state index contributed by atoms with van der Waals surface area (Å²) in [7, 11) is 1.51. The minimum Gasteiger partial charge on any atom is -0.480 e. The van der Waals surface area contributed by atoms with Crippen molar-refractivity contribution in [2.45, 2.75) is 196 Å². The third-order valence-corrected chi connectivity index (χ3v) is 21.5. The Kier molecular flexibility index (Phi) is 40.8. The van der Waals surface area contributed by atoms with Gasteiger partial charge < -0.3 is 107 Å². The number of rotatable bonds is 26. The maximum absolute atomic E-state index is 15.5. The van der Waals surface area contributed by atoms with Crippen LogP contribution in [0.15, 0.2) is 121 Å². The number of amides is 12. The summed E-state index contributed by atoms with van der Waals surface area (Å²) in [6.07, 6.45) is -2.75. The summed E-state index contributed by atoms with van der Waals surface area (Å²) < 4.78 is 0. The van der Waals surface area contributed by atoms with Crippen molar-refractivity contribution in [1.29, 1.82) is 0 Å². The fourth-order valence-corrected chi connectivity index (χ4v) is 14.9. The van der Waals surface area contributed by atoms with E-state index >= 15 is 14.4 Å². The van der Waals surface area contributed by atoms with Crippen LogP contribution in [0, 0.1) is 11.8 Å². The molecule has 37 heteroatoms. The molecule has 0 spiro atoms. The lowest BCUT2D eigenvalue weighted by Crippen LogP contribution is -2.62. The molecule has 1 aliphatic rings. The van der Waals surface area contributed by atoms with Gasteiger partial charge in [0.05, 0.1) is 49.9 Å². The molecule has 4 aromatic carbocycles. The van der Waals surface area contributed by atoms with E-state index in [0.29, 0.717) is 58.8 Å². The number of carboxylic acid groups (broad SMARTS) is 1. The first kappa shape index (κ1) is 95.9. The fraction of sp³-hybridized carbons (Fsp3) is 0.481. The van der Waals surface area contributed by atoms with Crippen LogP contribution >= 0.6 is 21.6 Å². The van der Waals surface area contributed by atoms with Crippen LogP contribution in [-0.4, -0.2) is 224 Å². The minimum atomic E-state index is -1.97. The van der Waals surface area contributed by atoms with E-state index in [9.17, 15) is 78.0 Å². The first-order valence-corrected chi connectivity index (χ1v) is 40.6.